The number of nitrogens with zero attached hydrogens (tertiary/aromatic N) is 1. The van der Waals surface area contributed by atoms with Crippen molar-refractivity contribution in [2.75, 3.05) is 13.1 Å². The van der Waals surface area contributed by atoms with Gasteiger partial charge in [0, 0.05) is 17.1 Å². The van der Waals surface area contributed by atoms with Crippen LogP contribution in [-0.2, 0) is 10.0 Å². The van der Waals surface area contributed by atoms with Crippen LogP contribution < -0.4 is 5.73 Å². The zero-order chi connectivity index (χ0) is 14.8. The Morgan fingerprint density at radius 3 is 2.50 bits per heavy atom. The summed E-state index contributed by atoms with van der Waals surface area (Å²) < 4.78 is 28.1. The Hall–Kier alpha value is -0.430. The molecule has 1 saturated carbocycles. The van der Waals surface area contributed by atoms with Gasteiger partial charge in [-0.1, -0.05) is 29.3 Å². The molecular formula is C14H21BrN2O2S. The summed E-state index contributed by atoms with van der Waals surface area (Å²) >= 11 is 3.33. The number of hydrogen-bond acceptors (Lipinski definition) is 3. The van der Waals surface area contributed by atoms with Gasteiger partial charge in [0.1, 0.15) is 0 Å². The molecule has 1 aromatic rings. The highest BCUT2D eigenvalue weighted by molar-refractivity contribution is 9.10. The van der Waals surface area contributed by atoms with Gasteiger partial charge < -0.3 is 5.73 Å². The van der Waals surface area contributed by atoms with E-state index in [4.69, 9.17) is 5.73 Å². The predicted octanol–water partition coefficient (Wildman–Crippen LogP) is 2.59. The van der Waals surface area contributed by atoms with Crippen LogP contribution in [0.4, 0.5) is 0 Å². The van der Waals surface area contributed by atoms with Gasteiger partial charge in [0.25, 0.3) is 0 Å². The maximum absolute atomic E-state index is 12.8. The second kappa shape index (κ2) is 6.56. The highest BCUT2D eigenvalue weighted by Gasteiger charge is 2.37. The molecule has 2 rings (SSSR count). The van der Waals surface area contributed by atoms with Crippen LogP contribution in [0.15, 0.2) is 33.6 Å². The van der Waals surface area contributed by atoms with Gasteiger partial charge in [0.15, 0.2) is 0 Å². The minimum atomic E-state index is -3.44. The van der Waals surface area contributed by atoms with Crippen molar-refractivity contribution in [2.45, 2.75) is 37.1 Å². The Kier molecular flexibility index (Phi) is 5.23. The summed E-state index contributed by atoms with van der Waals surface area (Å²) in [7, 11) is -3.44. The molecule has 0 heterocycles. The second-order valence-corrected chi connectivity index (χ2v) is 7.96. The van der Waals surface area contributed by atoms with Crippen LogP contribution >= 0.6 is 15.9 Å². The molecule has 1 aliphatic carbocycles. The number of sulfonamides is 1. The summed E-state index contributed by atoms with van der Waals surface area (Å²) in [6, 6.07) is 6.85. The first-order chi connectivity index (χ1) is 9.50. The Bertz CT molecular complexity index is 545. The normalized spacial score (nSPS) is 23.4. The molecule has 1 aliphatic rings. The Labute approximate surface area is 129 Å². The summed E-state index contributed by atoms with van der Waals surface area (Å²) in [6.45, 7) is 2.93. The second-order valence-electron chi connectivity index (χ2n) is 5.16. The third kappa shape index (κ3) is 3.08. The van der Waals surface area contributed by atoms with Crippen LogP contribution in [0, 0.1) is 5.92 Å². The van der Waals surface area contributed by atoms with E-state index in [1.54, 1.807) is 28.6 Å². The first-order valence-electron chi connectivity index (χ1n) is 6.98. The average Bonchev–Trinajstić information content (AvgIpc) is 2.88. The van der Waals surface area contributed by atoms with E-state index in [-0.39, 0.29) is 12.0 Å². The number of rotatable bonds is 5. The fourth-order valence-electron chi connectivity index (χ4n) is 3.00. The first-order valence-corrected chi connectivity index (χ1v) is 9.21. The maximum atomic E-state index is 12.8. The lowest BCUT2D eigenvalue weighted by Crippen LogP contribution is -2.43. The molecule has 20 heavy (non-hydrogen) atoms. The lowest BCUT2D eigenvalue weighted by molar-refractivity contribution is 0.276. The molecule has 2 atom stereocenters. The minimum Gasteiger partial charge on any atom is -0.330 e. The number of nitrogens with two attached hydrogens (primary N) is 1. The topological polar surface area (TPSA) is 63.4 Å². The standard InChI is InChI=1S/C14H21BrN2O2S/c1-2-17(14-5-3-4-11(14)10-16)20(18,19)13-8-6-12(15)7-9-13/h6-9,11,14H,2-5,10,16H2,1H3. The van der Waals surface area contributed by atoms with Crippen molar-refractivity contribution < 1.29 is 8.42 Å². The quantitative estimate of drug-likeness (QED) is 0.877. The van der Waals surface area contributed by atoms with Crippen molar-refractivity contribution in [2.24, 2.45) is 11.7 Å². The predicted molar refractivity (Wildman–Crippen MR) is 83.9 cm³/mol. The molecule has 0 saturated heterocycles. The minimum absolute atomic E-state index is 0.0404. The van der Waals surface area contributed by atoms with Crippen LogP contribution in [0.3, 0.4) is 0 Å². The van der Waals surface area contributed by atoms with Crippen molar-refractivity contribution in [1.82, 2.24) is 4.31 Å². The molecule has 0 bridgehead atoms. The van der Waals surface area contributed by atoms with Gasteiger partial charge in [-0.25, -0.2) is 8.42 Å². The van der Waals surface area contributed by atoms with Gasteiger partial charge >= 0.3 is 0 Å². The van der Waals surface area contributed by atoms with Gasteiger partial charge in [-0.3, -0.25) is 0 Å². The molecule has 6 heteroatoms. The molecule has 1 aromatic carbocycles. The molecule has 112 valence electrons. The third-order valence-electron chi connectivity index (χ3n) is 4.02. The van der Waals surface area contributed by atoms with E-state index in [1.165, 1.54) is 0 Å². The summed E-state index contributed by atoms with van der Waals surface area (Å²) in [5, 5.41) is 0. The van der Waals surface area contributed by atoms with E-state index >= 15 is 0 Å². The highest BCUT2D eigenvalue weighted by Crippen LogP contribution is 2.32. The van der Waals surface area contributed by atoms with Crippen LogP contribution in [-0.4, -0.2) is 31.9 Å². The van der Waals surface area contributed by atoms with Crippen LogP contribution in [0.1, 0.15) is 26.2 Å². The fourth-order valence-corrected chi connectivity index (χ4v) is 4.99. The zero-order valence-corrected chi connectivity index (χ0v) is 14.0. The Morgan fingerprint density at radius 1 is 1.30 bits per heavy atom. The number of halogens is 1. The largest absolute Gasteiger partial charge is 0.330 e. The molecule has 2 N–H and O–H groups in total. The lowest BCUT2D eigenvalue weighted by Gasteiger charge is -2.30. The SMILES string of the molecule is CCN(C1CCCC1CN)S(=O)(=O)c1ccc(Br)cc1. The third-order valence-corrected chi connectivity index (χ3v) is 6.57. The monoisotopic (exact) mass is 360 g/mol. The van der Waals surface area contributed by atoms with E-state index in [2.05, 4.69) is 15.9 Å². The van der Waals surface area contributed by atoms with Crippen molar-refractivity contribution in [3.05, 3.63) is 28.7 Å². The molecule has 2 unspecified atom stereocenters. The fraction of sp³-hybridized carbons (Fsp3) is 0.571. The summed E-state index contributed by atoms with van der Waals surface area (Å²) in [5.74, 6) is 0.278. The molecular weight excluding hydrogens is 340 g/mol. The summed E-state index contributed by atoms with van der Waals surface area (Å²) in [6.07, 6.45) is 2.98. The van der Waals surface area contributed by atoms with Gasteiger partial charge in [-0.2, -0.15) is 4.31 Å². The van der Waals surface area contributed by atoms with Crippen molar-refractivity contribution in [3.8, 4) is 0 Å². The molecule has 0 radical (unpaired) electrons. The van der Waals surface area contributed by atoms with E-state index in [1.807, 2.05) is 6.92 Å². The maximum Gasteiger partial charge on any atom is 0.243 e. The van der Waals surface area contributed by atoms with Crippen LogP contribution in [0.25, 0.3) is 0 Å². The van der Waals surface area contributed by atoms with E-state index < -0.39 is 10.0 Å². The van der Waals surface area contributed by atoms with Crippen molar-refractivity contribution in [1.29, 1.82) is 0 Å². The number of hydrogen-bond donors (Lipinski definition) is 1. The average molecular weight is 361 g/mol. The molecule has 4 nitrogen and oxygen atoms in total. The van der Waals surface area contributed by atoms with Gasteiger partial charge in [0.05, 0.1) is 4.90 Å². The molecule has 0 aromatic heterocycles. The summed E-state index contributed by atoms with van der Waals surface area (Å²) in [4.78, 5) is 0.352. The lowest BCUT2D eigenvalue weighted by atomic mass is 10.0. The van der Waals surface area contributed by atoms with Gasteiger partial charge in [-0.15, -0.1) is 0 Å². The summed E-state index contributed by atoms with van der Waals surface area (Å²) in [5.41, 5.74) is 5.79. The van der Waals surface area contributed by atoms with E-state index in [0.717, 1.165) is 23.7 Å². The smallest absolute Gasteiger partial charge is 0.243 e. The van der Waals surface area contributed by atoms with Crippen LogP contribution in [0.2, 0.25) is 0 Å². The Balaban J connectivity index is 2.32. The first kappa shape index (κ1) is 15.9. The van der Waals surface area contributed by atoms with E-state index in [0.29, 0.717) is 18.0 Å². The van der Waals surface area contributed by atoms with Crippen molar-refractivity contribution in [3.63, 3.8) is 0 Å². The van der Waals surface area contributed by atoms with Crippen LogP contribution in [0.5, 0.6) is 0 Å². The molecule has 1 fully saturated rings. The molecule has 0 amide bonds. The highest BCUT2D eigenvalue weighted by atomic mass is 79.9. The molecule has 0 aliphatic heterocycles. The number of benzene rings is 1. The zero-order valence-electron chi connectivity index (χ0n) is 11.6. The van der Waals surface area contributed by atoms with E-state index in [9.17, 15) is 8.42 Å². The Morgan fingerprint density at radius 2 is 1.95 bits per heavy atom. The van der Waals surface area contributed by atoms with Crippen molar-refractivity contribution >= 4 is 26.0 Å². The molecule has 0 spiro atoms. The van der Waals surface area contributed by atoms with Gasteiger partial charge in [0.2, 0.25) is 10.0 Å². The van der Waals surface area contributed by atoms with Gasteiger partial charge in [-0.05, 0) is 49.6 Å².